The average molecular weight is 143 g/mol. The van der Waals surface area contributed by atoms with Crippen LogP contribution in [0.15, 0.2) is 0 Å². The van der Waals surface area contributed by atoms with Crippen molar-refractivity contribution >= 4 is 0 Å². The van der Waals surface area contributed by atoms with Crippen LogP contribution in [0, 0.1) is 0 Å². The van der Waals surface area contributed by atoms with Crippen molar-refractivity contribution < 1.29 is 5.11 Å². The molecule has 0 bridgehead atoms. The van der Waals surface area contributed by atoms with Gasteiger partial charge in [0.2, 0.25) is 0 Å². The van der Waals surface area contributed by atoms with Gasteiger partial charge in [0.1, 0.15) is 0 Å². The van der Waals surface area contributed by atoms with Crippen molar-refractivity contribution in [2.75, 3.05) is 0 Å². The normalized spacial score (nSPS) is 39.9. The van der Waals surface area contributed by atoms with Crippen molar-refractivity contribution in [2.24, 2.45) is 0 Å². The standard InChI is InChI=1S/C8H17NO/c1-6(2)9-7-4-8(3,10)5-7/h6-7,9-10H,4-5H2,1-3H3. The lowest BCUT2D eigenvalue weighted by molar-refractivity contribution is -0.0406. The van der Waals surface area contributed by atoms with E-state index in [9.17, 15) is 5.11 Å². The van der Waals surface area contributed by atoms with E-state index in [0.717, 1.165) is 12.8 Å². The number of nitrogens with one attached hydrogen (secondary N) is 1. The first-order valence-corrected chi connectivity index (χ1v) is 3.98. The van der Waals surface area contributed by atoms with Crippen molar-refractivity contribution in [1.29, 1.82) is 0 Å². The van der Waals surface area contributed by atoms with Crippen LogP contribution in [0.2, 0.25) is 0 Å². The molecule has 1 fully saturated rings. The predicted molar refractivity (Wildman–Crippen MR) is 41.9 cm³/mol. The average Bonchev–Trinajstić information content (AvgIpc) is 1.57. The predicted octanol–water partition coefficient (Wildman–Crippen LogP) is 0.898. The monoisotopic (exact) mass is 143 g/mol. The Balaban J connectivity index is 2.15. The minimum absolute atomic E-state index is 0.382. The number of hydrogen-bond donors (Lipinski definition) is 2. The molecule has 1 aliphatic rings. The Bertz CT molecular complexity index is 110. The maximum absolute atomic E-state index is 9.36. The van der Waals surface area contributed by atoms with Gasteiger partial charge in [0.25, 0.3) is 0 Å². The molecular weight excluding hydrogens is 126 g/mol. The van der Waals surface area contributed by atoms with E-state index >= 15 is 0 Å². The van der Waals surface area contributed by atoms with E-state index in [1.807, 2.05) is 6.92 Å². The molecule has 1 aliphatic carbocycles. The lowest BCUT2D eigenvalue weighted by Gasteiger charge is -2.42. The molecule has 2 heteroatoms. The summed E-state index contributed by atoms with van der Waals surface area (Å²) < 4.78 is 0. The quantitative estimate of drug-likeness (QED) is 0.602. The maximum Gasteiger partial charge on any atom is 0.0649 e. The van der Waals surface area contributed by atoms with Crippen LogP contribution in [0.3, 0.4) is 0 Å². The van der Waals surface area contributed by atoms with E-state index in [1.165, 1.54) is 0 Å². The Morgan fingerprint density at radius 1 is 1.50 bits per heavy atom. The van der Waals surface area contributed by atoms with Crippen molar-refractivity contribution in [1.82, 2.24) is 5.32 Å². The molecule has 0 aliphatic heterocycles. The summed E-state index contributed by atoms with van der Waals surface area (Å²) in [5.41, 5.74) is -0.382. The molecular formula is C8H17NO. The third kappa shape index (κ3) is 1.96. The summed E-state index contributed by atoms with van der Waals surface area (Å²) in [6.45, 7) is 6.16. The SMILES string of the molecule is CC(C)NC1CC(C)(O)C1. The summed E-state index contributed by atoms with van der Waals surface area (Å²) in [6.07, 6.45) is 1.82. The van der Waals surface area contributed by atoms with Crippen LogP contribution >= 0.6 is 0 Å². The molecule has 0 aromatic heterocycles. The first kappa shape index (κ1) is 8.02. The Kier molecular flexibility index (Phi) is 2.02. The molecule has 10 heavy (non-hydrogen) atoms. The van der Waals surface area contributed by atoms with Gasteiger partial charge in [-0.1, -0.05) is 13.8 Å². The van der Waals surface area contributed by atoms with Gasteiger partial charge in [0.15, 0.2) is 0 Å². The zero-order valence-corrected chi connectivity index (χ0v) is 7.02. The maximum atomic E-state index is 9.36. The molecule has 0 atom stereocenters. The van der Waals surface area contributed by atoms with Crippen LogP contribution in [-0.4, -0.2) is 22.8 Å². The van der Waals surface area contributed by atoms with Gasteiger partial charge in [-0.05, 0) is 19.8 Å². The molecule has 0 spiro atoms. The molecule has 0 aromatic rings. The fraction of sp³-hybridized carbons (Fsp3) is 1.00. The van der Waals surface area contributed by atoms with E-state index in [1.54, 1.807) is 0 Å². The van der Waals surface area contributed by atoms with Gasteiger partial charge in [-0.15, -0.1) is 0 Å². The second kappa shape index (κ2) is 2.51. The fourth-order valence-corrected chi connectivity index (χ4v) is 1.59. The van der Waals surface area contributed by atoms with Crippen LogP contribution in [-0.2, 0) is 0 Å². The lowest BCUT2D eigenvalue weighted by atomic mass is 9.77. The lowest BCUT2D eigenvalue weighted by Crippen LogP contribution is -2.53. The summed E-state index contributed by atoms with van der Waals surface area (Å²) in [4.78, 5) is 0. The zero-order chi connectivity index (χ0) is 7.78. The zero-order valence-electron chi connectivity index (χ0n) is 7.02. The topological polar surface area (TPSA) is 32.3 Å². The molecule has 2 nitrogen and oxygen atoms in total. The van der Waals surface area contributed by atoms with Gasteiger partial charge in [-0.25, -0.2) is 0 Å². The van der Waals surface area contributed by atoms with Crippen LogP contribution in [0.1, 0.15) is 33.6 Å². The smallest absolute Gasteiger partial charge is 0.0649 e. The molecule has 2 N–H and O–H groups in total. The highest BCUT2D eigenvalue weighted by Gasteiger charge is 2.37. The summed E-state index contributed by atoms with van der Waals surface area (Å²) in [5, 5.41) is 12.7. The van der Waals surface area contributed by atoms with Crippen molar-refractivity contribution in [3.63, 3.8) is 0 Å². The highest BCUT2D eigenvalue weighted by molar-refractivity contribution is 4.95. The van der Waals surface area contributed by atoms with E-state index in [-0.39, 0.29) is 5.60 Å². The van der Waals surface area contributed by atoms with E-state index in [0.29, 0.717) is 12.1 Å². The van der Waals surface area contributed by atoms with Gasteiger partial charge in [0, 0.05) is 12.1 Å². The first-order chi connectivity index (χ1) is 4.49. The molecule has 0 saturated heterocycles. The van der Waals surface area contributed by atoms with Gasteiger partial charge in [0.05, 0.1) is 5.60 Å². The summed E-state index contributed by atoms with van der Waals surface area (Å²) >= 11 is 0. The molecule has 0 aromatic carbocycles. The van der Waals surface area contributed by atoms with Crippen LogP contribution in [0.25, 0.3) is 0 Å². The van der Waals surface area contributed by atoms with Crippen LogP contribution in [0.4, 0.5) is 0 Å². The molecule has 1 rings (SSSR count). The molecule has 1 saturated carbocycles. The van der Waals surface area contributed by atoms with Gasteiger partial charge >= 0.3 is 0 Å². The Labute approximate surface area is 62.6 Å². The summed E-state index contributed by atoms with van der Waals surface area (Å²) in [5.74, 6) is 0. The van der Waals surface area contributed by atoms with Gasteiger partial charge in [-0.3, -0.25) is 0 Å². The molecule has 0 unspecified atom stereocenters. The van der Waals surface area contributed by atoms with E-state index < -0.39 is 0 Å². The van der Waals surface area contributed by atoms with Crippen LogP contribution in [0.5, 0.6) is 0 Å². The molecule has 0 heterocycles. The summed E-state index contributed by atoms with van der Waals surface area (Å²) in [6, 6.07) is 1.09. The second-order valence-corrected chi connectivity index (χ2v) is 3.92. The molecule has 0 amide bonds. The third-order valence-electron chi connectivity index (χ3n) is 1.94. The van der Waals surface area contributed by atoms with Crippen molar-refractivity contribution in [2.45, 2.75) is 51.3 Å². The third-order valence-corrected chi connectivity index (χ3v) is 1.94. The second-order valence-electron chi connectivity index (χ2n) is 3.92. The van der Waals surface area contributed by atoms with Gasteiger partial charge < -0.3 is 10.4 Å². The van der Waals surface area contributed by atoms with Crippen LogP contribution < -0.4 is 5.32 Å². The minimum Gasteiger partial charge on any atom is -0.390 e. The minimum atomic E-state index is -0.382. The Morgan fingerprint density at radius 2 is 2.00 bits per heavy atom. The summed E-state index contributed by atoms with van der Waals surface area (Å²) in [7, 11) is 0. The largest absolute Gasteiger partial charge is 0.390 e. The van der Waals surface area contributed by atoms with E-state index in [2.05, 4.69) is 19.2 Å². The van der Waals surface area contributed by atoms with Crippen molar-refractivity contribution in [3.8, 4) is 0 Å². The first-order valence-electron chi connectivity index (χ1n) is 3.98. The number of rotatable bonds is 2. The molecule has 0 radical (unpaired) electrons. The Morgan fingerprint density at radius 3 is 2.30 bits per heavy atom. The van der Waals surface area contributed by atoms with E-state index in [4.69, 9.17) is 0 Å². The number of aliphatic hydroxyl groups is 1. The highest BCUT2D eigenvalue weighted by atomic mass is 16.3. The van der Waals surface area contributed by atoms with Gasteiger partial charge in [-0.2, -0.15) is 0 Å². The van der Waals surface area contributed by atoms with Crippen molar-refractivity contribution in [3.05, 3.63) is 0 Å². The molecule has 60 valence electrons. The Hall–Kier alpha value is -0.0800. The fourth-order valence-electron chi connectivity index (χ4n) is 1.59. The highest BCUT2D eigenvalue weighted by Crippen LogP contribution is 2.31. The number of hydrogen-bond acceptors (Lipinski definition) is 2.